The van der Waals surface area contributed by atoms with Crippen LogP contribution in [0.15, 0.2) is 12.1 Å². The molecule has 1 amide bonds. The van der Waals surface area contributed by atoms with Gasteiger partial charge in [0.25, 0.3) is 0 Å². The summed E-state index contributed by atoms with van der Waals surface area (Å²) < 4.78 is 5.51. The number of hydrogen-bond donors (Lipinski definition) is 1. The van der Waals surface area contributed by atoms with Gasteiger partial charge in [0.2, 0.25) is 0 Å². The largest absolute Gasteiger partial charge is 0.444 e. The highest BCUT2D eigenvalue weighted by atomic mass is 16.6. The average Bonchev–Trinajstić information content (AvgIpc) is 2.53. The van der Waals surface area contributed by atoms with E-state index in [1.54, 1.807) is 0 Å². The van der Waals surface area contributed by atoms with Crippen molar-refractivity contribution in [3.05, 3.63) is 23.4 Å². The highest BCUT2D eigenvalue weighted by Crippen LogP contribution is 2.25. The SMILES string of the molecule is CC(C)(C)OC(=O)N1CCCC(Cc2ccc3c(n2)NCCC3)C1. The summed E-state index contributed by atoms with van der Waals surface area (Å²) >= 11 is 0. The van der Waals surface area contributed by atoms with Gasteiger partial charge in [-0.05, 0) is 70.4 Å². The molecule has 3 rings (SSSR count). The average molecular weight is 331 g/mol. The second-order valence-electron chi connectivity index (χ2n) is 7.98. The maximum Gasteiger partial charge on any atom is 0.410 e. The van der Waals surface area contributed by atoms with Crippen molar-refractivity contribution < 1.29 is 9.53 Å². The third-order valence-electron chi connectivity index (χ3n) is 4.62. The van der Waals surface area contributed by atoms with Gasteiger partial charge in [0, 0.05) is 25.3 Å². The molecule has 1 fully saturated rings. The van der Waals surface area contributed by atoms with Crippen molar-refractivity contribution in [3.63, 3.8) is 0 Å². The fourth-order valence-corrected chi connectivity index (χ4v) is 3.50. The Morgan fingerprint density at radius 1 is 1.38 bits per heavy atom. The van der Waals surface area contributed by atoms with Gasteiger partial charge in [-0.3, -0.25) is 0 Å². The van der Waals surface area contributed by atoms with E-state index in [-0.39, 0.29) is 6.09 Å². The fraction of sp³-hybridized carbons (Fsp3) is 0.684. The van der Waals surface area contributed by atoms with Gasteiger partial charge in [0.15, 0.2) is 0 Å². The number of rotatable bonds is 2. The second-order valence-corrected chi connectivity index (χ2v) is 7.98. The maximum atomic E-state index is 12.3. The van der Waals surface area contributed by atoms with Gasteiger partial charge in [-0.15, -0.1) is 0 Å². The third kappa shape index (κ3) is 4.40. The number of likely N-dealkylation sites (tertiary alicyclic amines) is 1. The number of ether oxygens (including phenoxy) is 1. The predicted octanol–water partition coefficient (Wildman–Crippen LogP) is 3.63. The Hall–Kier alpha value is -1.78. The van der Waals surface area contributed by atoms with Crippen LogP contribution >= 0.6 is 0 Å². The summed E-state index contributed by atoms with van der Waals surface area (Å²) in [5.74, 6) is 1.51. The number of amides is 1. The van der Waals surface area contributed by atoms with Crippen molar-refractivity contribution >= 4 is 11.9 Å². The minimum Gasteiger partial charge on any atom is -0.444 e. The third-order valence-corrected chi connectivity index (χ3v) is 4.62. The van der Waals surface area contributed by atoms with Gasteiger partial charge in [0.05, 0.1) is 0 Å². The first kappa shape index (κ1) is 17.1. The molecule has 1 N–H and O–H groups in total. The minimum atomic E-state index is -0.435. The van der Waals surface area contributed by atoms with E-state index >= 15 is 0 Å². The summed E-state index contributed by atoms with van der Waals surface area (Å²) in [6.07, 6.45) is 5.21. The summed E-state index contributed by atoms with van der Waals surface area (Å²) in [5.41, 5.74) is 2.01. The summed E-state index contributed by atoms with van der Waals surface area (Å²) in [6, 6.07) is 4.36. The number of nitrogens with one attached hydrogen (secondary N) is 1. The van der Waals surface area contributed by atoms with Crippen LogP contribution in [-0.4, -0.2) is 41.2 Å². The first-order valence-electron chi connectivity index (χ1n) is 9.11. The molecule has 132 valence electrons. The fourth-order valence-electron chi connectivity index (χ4n) is 3.50. The molecule has 24 heavy (non-hydrogen) atoms. The van der Waals surface area contributed by atoms with Crippen molar-refractivity contribution in [1.82, 2.24) is 9.88 Å². The Balaban J connectivity index is 1.60. The number of carbonyl (C=O) groups is 1. The smallest absolute Gasteiger partial charge is 0.410 e. The topological polar surface area (TPSA) is 54.5 Å². The van der Waals surface area contributed by atoms with Gasteiger partial charge >= 0.3 is 6.09 Å². The first-order chi connectivity index (χ1) is 11.4. The standard InChI is InChI=1S/C19H29N3O2/c1-19(2,3)24-18(23)22-11-5-6-14(13-22)12-16-9-8-15-7-4-10-20-17(15)21-16/h8-9,14H,4-7,10-13H2,1-3H3,(H,20,21). The molecule has 0 aliphatic carbocycles. The number of pyridine rings is 1. The molecule has 2 aliphatic rings. The lowest BCUT2D eigenvalue weighted by Gasteiger charge is -2.34. The number of hydrogen-bond acceptors (Lipinski definition) is 4. The van der Waals surface area contributed by atoms with Crippen molar-refractivity contribution in [2.24, 2.45) is 5.92 Å². The molecule has 1 saturated heterocycles. The number of carbonyl (C=O) groups excluding carboxylic acids is 1. The van der Waals surface area contributed by atoms with Crippen LogP contribution in [0.1, 0.15) is 51.3 Å². The molecule has 0 spiro atoms. The normalized spacial score (nSPS) is 21.0. The zero-order valence-electron chi connectivity index (χ0n) is 15.1. The molecule has 1 aromatic heterocycles. The minimum absolute atomic E-state index is 0.188. The van der Waals surface area contributed by atoms with E-state index in [2.05, 4.69) is 17.4 Å². The highest BCUT2D eigenvalue weighted by molar-refractivity contribution is 5.68. The van der Waals surface area contributed by atoms with Crippen molar-refractivity contribution in [2.75, 3.05) is 25.0 Å². The number of aromatic nitrogens is 1. The Morgan fingerprint density at radius 2 is 2.21 bits per heavy atom. The van der Waals surface area contributed by atoms with Crippen LogP contribution in [0.2, 0.25) is 0 Å². The zero-order chi connectivity index (χ0) is 17.2. The summed E-state index contributed by atoms with van der Waals surface area (Å²) in [4.78, 5) is 18.9. The van der Waals surface area contributed by atoms with Gasteiger partial charge in [0.1, 0.15) is 11.4 Å². The second kappa shape index (κ2) is 6.99. The van der Waals surface area contributed by atoms with Crippen LogP contribution in [-0.2, 0) is 17.6 Å². The van der Waals surface area contributed by atoms with Gasteiger partial charge < -0.3 is 15.0 Å². The van der Waals surface area contributed by atoms with Crippen molar-refractivity contribution in [2.45, 2.75) is 58.5 Å². The van der Waals surface area contributed by atoms with Crippen LogP contribution < -0.4 is 5.32 Å². The molecule has 5 nitrogen and oxygen atoms in total. The van der Waals surface area contributed by atoms with Crippen molar-refractivity contribution in [1.29, 1.82) is 0 Å². The number of anilines is 1. The van der Waals surface area contributed by atoms with E-state index in [0.717, 1.165) is 56.8 Å². The molecule has 5 heteroatoms. The lowest BCUT2D eigenvalue weighted by Crippen LogP contribution is -2.43. The van der Waals surface area contributed by atoms with E-state index in [9.17, 15) is 4.79 Å². The van der Waals surface area contributed by atoms with Gasteiger partial charge in [-0.1, -0.05) is 6.07 Å². The van der Waals surface area contributed by atoms with Crippen LogP contribution in [0.5, 0.6) is 0 Å². The Bertz CT molecular complexity index is 595. The molecule has 0 bridgehead atoms. The molecule has 3 heterocycles. The lowest BCUT2D eigenvalue weighted by atomic mass is 9.93. The molecule has 2 aliphatic heterocycles. The first-order valence-corrected chi connectivity index (χ1v) is 9.11. The predicted molar refractivity (Wildman–Crippen MR) is 95.3 cm³/mol. The van der Waals surface area contributed by atoms with Gasteiger partial charge in [-0.25, -0.2) is 9.78 Å². The highest BCUT2D eigenvalue weighted by Gasteiger charge is 2.28. The quantitative estimate of drug-likeness (QED) is 0.899. The molecule has 1 unspecified atom stereocenters. The number of fused-ring (bicyclic) bond motifs is 1. The number of aryl methyl sites for hydroxylation is 1. The Labute approximate surface area is 144 Å². The molecule has 1 atom stereocenters. The Morgan fingerprint density at radius 3 is 3.00 bits per heavy atom. The van der Waals surface area contributed by atoms with Gasteiger partial charge in [-0.2, -0.15) is 0 Å². The van der Waals surface area contributed by atoms with Crippen LogP contribution in [0.4, 0.5) is 10.6 Å². The molecule has 0 aromatic carbocycles. The van der Waals surface area contributed by atoms with E-state index in [1.165, 1.54) is 12.0 Å². The lowest BCUT2D eigenvalue weighted by molar-refractivity contribution is 0.0165. The summed E-state index contributed by atoms with van der Waals surface area (Å²) in [5, 5.41) is 3.40. The van der Waals surface area contributed by atoms with E-state index in [0.29, 0.717) is 5.92 Å². The molecule has 0 radical (unpaired) electrons. The monoisotopic (exact) mass is 331 g/mol. The maximum absolute atomic E-state index is 12.3. The molecule has 0 saturated carbocycles. The summed E-state index contributed by atoms with van der Waals surface area (Å²) in [7, 11) is 0. The molecular weight excluding hydrogens is 302 g/mol. The van der Waals surface area contributed by atoms with E-state index in [4.69, 9.17) is 9.72 Å². The van der Waals surface area contributed by atoms with Crippen LogP contribution in [0.3, 0.4) is 0 Å². The number of nitrogens with zero attached hydrogens (tertiary/aromatic N) is 2. The Kier molecular flexibility index (Phi) is 4.97. The van der Waals surface area contributed by atoms with Crippen molar-refractivity contribution in [3.8, 4) is 0 Å². The molecule has 1 aromatic rings. The summed E-state index contributed by atoms with van der Waals surface area (Å²) in [6.45, 7) is 8.31. The van der Waals surface area contributed by atoms with E-state index < -0.39 is 5.60 Å². The van der Waals surface area contributed by atoms with Crippen LogP contribution in [0.25, 0.3) is 0 Å². The molecular formula is C19H29N3O2. The number of piperidine rings is 1. The van der Waals surface area contributed by atoms with E-state index in [1.807, 2.05) is 25.7 Å². The van der Waals surface area contributed by atoms with Crippen LogP contribution in [0, 0.1) is 5.92 Å². The zero-order valence-corrected chi connectivity index (χ0v) is 15.1.